The van der Waals surface area contributed by atoms with Crippen LogP contribution in [-0.4, -0.2) is 31.0 Å². The van der Waals surface area contributed by atoms with Gasteiger partial charge >= 0.3 is 0 Å². The van der Waals surface area contributed by atoms with Crippen LogP contribution in [0.1, 0.15) is 18.9 Å². The van der Waals surface area contributed by atoms with Gasteiger partial charge in [0.2, 0.25) is 0 Å². The number of benzene rings is 1. The Labute approximate surface area is 101 Å². The minimum atomic E-state index is -0.0837. The zero-order chi connectivity index (χ0) is 12.7. The molecule has 1 amide bonds. The average Bonchev–Trinajstić information content (AvgIpc) is 2.36. The summed E-state index contributed by atoms with van der Waals surface area (Å²) in [5.74, 6) is 0.368. The van der Waals surface area contributed by atoms with Crippen LogP contribution in [0.5, 0.6) is 5.75 Å². The second-order valence-corrected chi connectivity index (χ2v) is 3.71. The van der Waals surface area contributed by atoms with Gasteiger partial charge in [0.25, 0.3) is 5.91 Å². The topological polar surface area (TPSA) is 53.3 Å². The van der Waals surface area contributed by atoms with Crippen LogP contribution in [0, 0.1) is 11.3 Å². The summed E-state index contributed by atoms with van der Waals surface area (Å²) in [5.41, 5.74) is 0.443. The van der Waals surface area contributed by atoms with E-state index >= 15 is 0 Å². The third-order valence-electron chi connectivity index (χ3n) is 2.34. The lowest BCUT2D eigenvalue weighted by Gasteiger charge is -2.16. The number of nitriles is 1. The number of carbonyl (C=O) groups is 1. The van der Waals surface area contributed by atoms with Gasteiger partial charge in [-0.3, -0.25) is 4.79 Å². The lowest BCUT2D eigenvalue weighted by atomic mass is 10.2. The summed E-state index contributed by atoms with van der Waals surface area (Å²) in [6, 6.07) is 8.91. The summed E-state index contributed by atoms with van der Waals surface area (Å²) in [6.45, 7) is 2.69. The Morgan fingerprint density at radius 2 is 2.18 bits per heavy atom. The highest BCUT2D eigenvalue weighted by Crippen LogP contribution is 2.16. The molecule has 4 heteroatoms. The molecule has 17 heavy (non-hydrogen) atoms. The third kappa shape index (κ3) is 3.80. The number of hydrogen-bond donors (Lipinski definition) is 0. The van der Waals surface area contributed by atoms with Crippen molar-refractivity contribution in [1.82, 2.24) is 4.90 Å². The Morgan fingerprint density at radius 1 is 1.47 bits per heavy atom. The van der Waals surface area contributed by atoms with Crippen LogP contribution in [-0.2, 0) is 4.79 Å². The molecule has 0 aliphatic rings. The van der Waals surface area contributed by atoms with E-state index in [1.54, 1.807) is 36.2 Å². The standard InChI is InChI=1S/C13H16N2O2/c1-3-8-15(2)13(16)10-17-12-7-5-4-6-11(12)9-14/h4-7H,3,8,10H2,1-2H3. The van der Waals surface area contributed by atoms with Gasteiger partial charge < -0.3 is 9.64 Å². The number of carbonyl (C=O) groups excluding carboxylic acids is 1. The predicted octanol–water partition coefficient (Wildman–Crippen LogP) is 1.81. The molecule has 0 bridgehead atoms. The molecule has 0 saturated carbocycles. The molecule has 0 aliphatic carbocycles. The van der Waals surface area contributed by atoms with Crippen LogP contribution < -0.4 is 4.74 Å². The quantitative estimate of drug-likeness (QED) is 0.778. The van der Waals surface area contributed by atoms with Crippen LogP contribution in [0.15, 0.2) is 24.3 Å². The van der Waals surface area contributed by atoms with Gasteiger partial charge in [0, 0.05) is 13.6 Å². The van der Waals surface area contributed by atoms with Crippen molar-refractivity contribution in [2.24, 2.45) is 0 Å². The molecule has 0 aromatic heterocycles. The molecule has 0 spiro atoms. The van der Waals surface area contributed by atoms with Gasteiger partial charge in [-0.2, -0.15) is 5.26 Å². The molecule has 0 aliphatic heterocycles. The maximum Gasteiger partial charge on any atom is 0.260 e. The van der Waals surface area contributed by atoms with Gasteiger partial charge in [0.1, 0.15) is 11.8 Å². The number of para-hydroxylation sites is 1. The molecule has 90 valence electrons. The number of amides is 1. The number of nitrogens with zero attached hydrogens (tertiary/aromatic N) is 2. The van der Waals surface area contributed by atoms with Crippen LogP contribution in [0.25, 0.3) is 0 Å². The maximum absolute atomic E-state index is 11.6. The van der Waals surface area contributed by atoms with Crippen molar-refractivity contribution in [1.29, 1.82) is 5.26 Å². The predicted molar refractivity (Wildman–Crippen MR) is 64.6 cm³/mol. The molecular weight excluding hydrogens is 216 g/mol. The highest BCUT2D eigenvalue weighted by molar-refractivity contribution is 5.77. The van der Waals surface area contributed by atoms with Gasteiger partial charge in [0.05, 0.1) is 5.56 Å². The minimum Gasteiger partial charge on any atom is -0.482 e. The van der Waals surface area contributed by atoms with Crippen molar-refractivity contribution in [3.63, 3.8) is 0 Å². The monoisotopic (exact) mass is 232 g/mol. The number of hydrogen-bond acceptors (Lipinski definition) is 3. The number of likely N-dealkylation sites (N-methyl/N-ethyl adjacent to an activating group) is 1. The van der Waals surface area contributed by atoms with Gasteiger partial charge in [0.15, 0.2) is 6.61 Å². The zero-order valence-corrected chi connectivity index (χ0v) is 10.1. The van der Waals surface area contributed by atoms with Gasteiger partial charge in [-0.15, -0.1) is 0 Å². The average molecular weight is 232 g/mol. The van der Waals surface area contributed by atoms with Gasteiger partial charge in [-0.25, -0.2) is 0 Å². The van der Waals surface area contributed by atoms with Crippen LogP contribution in [0.4, 0.5) is 0 Å². The zero-order valence-electron chi connectivity index (χ0n) is 10.1. The number of ether oxygens (including phenoxy) is 1. The SMILES string of the molecule is CCCN(C)C(=O)COc1ccccc1C#N. The van der Waals surface area contributed by atoms with Crippen molar-refractivity contribution in [2.45, 2.75) is 13.3 Å². The first-order chi connectivity index (χ1) is 8.19. The van der Waals surface area contributed by atoms with Crippen LogP contribution >= 0.6 is 0 Å². The fraction of sp³-hybridized carbons (Fsp3) is 0.385. The molecule has 0 saturated heterocycles. The highest BCUT2D eigenvalue weighted by atomic mass is 16.5. The van der Waals surface area contributed by atoms with Crippen molar-refractivity contribution in [2.75, 3.05) is 20.2 Å². The largest absolute Gasteiger partial charge is 0.482 e. The fourth-order valence-electron chi connectivity index (χ4n) is 1.39. The Morgan fingerprint density at radius 3 is 2.82 bits per heavy atom. The van der Waals surface area contributed by atoms with Crippen LogP contribution in [0.3, 0.4) is 0 Å². The molecule has 0 heterocycles. The third-order valence-corrected chi connectivity index (χ3v) is 2.34. The lowest BCUT2D eigenvalue weighted by molar-refractivity contribution is -0.132. The molecule has 0 N–H and O–H groups in total. The summed E-state index contributed by atoms with van der Waals surface area (Å²) in [4.78, 5) is 13.2. The van der Waals surface area contributed by atoms with Gasteiger partial charge in [-0.05, 0) is 18.6 Å². The molecule has 1 rings (SSSR count). The molecule has 1 aromatic rings. The van der Waals surface area contributed by atoms with E-state index in [0.717, 1.165) is 6.42 Å². The summed E-state index contributed by atoms with van der Waals surface area (Å²) >= 11 is 0. The van der Waals surface area contributed by atoms with Crippen molar-refractivity contribution in [3.05, 3.63) is 29.8 Å². The van der Waals surface area contributed by atoms with Crippen molar-refractivity contribution >= 4 is 5.91 Å². The Bertz CT molecular complexity index is 424. The fourth-order valence-corrected chi connectivity index (χ4v) is 1.39. The normalized spacial score (nSPS) is 9.47. The second-order valence-electron chi connectivity index (χ2n) is 3.71. The van der Waals surface area contributed by atoms with E-state index in [0.29, 0.717) is 17.9 Å². The van der Waals surface area contributed by atoms with E-state index in [1.807, 2.05) is 13.0 Å². The molecular formula is C13H16N2O2. The Kier molecular flexibility index (Phi) is 5.02. The van der Waals surface area contributed by atoms with E-state index in [4.69, 9.17) is 10.00 Å². The maximum atomic E-state index is 11.6. The smallest absolute Gasteiger partial charge is 0.260 e. The van der Waals surface area contributed by atoms with E-state index in [1.165, 1.54) is 0 Å². The van der Waals surface area contributed by atoms with Crippen LogP contribution in [0.2, 0.25) is 0 Å². The molecule has 4 nitrogen and oxygen atoms in total. The summed E-state index contributed by atoms with van der Waals surface area (Å²) in [5, 5.41) is 8.85. The molecule has 0 unspecified atom stereocenters. The summed E-state index contributed by atoms with van der Waals surface area (Å²) in [7, 11) is 1.74. The van der Waals surface area contributed by atoms with Crippen molar-refractivity contribution < 1.29 is 9.53 Å². The highest BCUT2D eigenvalue weighted by Gasteiger charge is 2.09. The van der Waals surface area contributed by atoms with E-state index in [9.17, 15) is 4.79 Å². The summed E-state index contributed by atoms with van der Waals surface area (Å²) in [6.07, 6.45) is 0.914. The molecule has 0 fully saturated rings. The molecule has 0 atom stereocenters. The lowest BCUT2D eigenvalue weighted by Crippen LogP contribution is -2.32. The first kappa shape index (κ1) is 13.0. The molecule has 0 radical (unpaired) electrons. The van der Waals surface area contributed by atoms with E-state index in [-0.39, 0.29) is 12.5 Å². The first-order valence-corrected chi connectivity index (χ1v) is 5.55. The van der Waals surface area contributed by atoms with Crippen molar-refractivity contribution in [3.8, 4) is 11.8 Å². The Hall–Kier alpha value is -2.02. The summed E-state index contributed by atoms with van der Waals surface area (Å²) < 4.78 is 5.34. The Balaban J connectivity index is 2.56. The second kappa shape index (κ2) is 6.54. The molecule has 1 aromatic carbocycles. The van der Waals surface area contributed by atoms with Gasteiger partial charge in [-0.1, -0.05) is 19.1 Å². The minimum absolute atomic E-state index is 0.0325. The number of rotatable bonds is 5. The first-order valence-electron chi connectivity index (χ1n) is 5.55. The van der Waals surface area contributed by atoms with E-state index in [2.05, 4.69) is 0 Å². The van der Waals surface area contributed by atoms with E-state index < -0.39 is 0 Å².